The van der Waals surface area contributed by atoms with Crippen LogP contribution in [-0.2, 0) is 19.6 Å². The van der Waals surface area contributed by atoms with Gasteiger partial charge >= 0.3 is 0 Å². The van der Waals surface area contributed by atoms with Gasteiger partial charge in [0, 0.05) is 38.3 Å². The summed E-state index contributed by atoms with van der Waals surface area (Å²) in [5, 5.41) is 0.400. The summed E-state index contributed by atoms with van der Waals surface area (Å²) in [6, 6.07) is 3.54. The van der Waals surface area contributed by atoms with E-state index in [1.165, 1.54) is 34.5 Å². The van der Waals surface area contributed by atoms with Crippen molar-refractivity contribution < 1.29 is 17.9 Å². The summed E-state index contributed by atoms with van der Waals surface area (Å²) in [6.07, 6.45) is 0. The third-order valence-electron chi connectivity index (χ3n) is 3.72. The number of benzene rings is 1. The second-order valence-electron chi connectivity index (χ2n) is 5.37. The van der Waals surface area contributed by atoms with Crippen molar-refractivity contribution in [3.05, 3.63) is 28.2 Å². The lowest BCUT2D eigenvalue weighted by Crippen LogP contribution is -2.55. The number of carbonyl (C=O) groups excluding carboxylic acids is 1. The molecule has 0 saturated carbocycles. The quantitative estimate of drug-likeness (QED) is 0.755. The van der Waals surface area contributed by atoms with Crippen LogP contribution in [0.5, 0.6) is 0 Å². The first kappa shape index (κ1) is 22.4. The van der Waals surface area contributed by atoms with Gasteiger partial charge in [0.15, 0.2) is 0 Å². The lowest BCUT2D eigenvalue weighted by Gasteiger charge is -2.35. The molecule has 142 valence electrons. The van der Waals surface area contributed by atoms with Crippen LogP contribution in [0.25, 0.3) is 0 Å². The third-order valence-corrected chi connectivity index (χ3v) is 6.34. The lowest BCUT2D eigenvalue weighted by molar-refractivity contribution is -0.134. The van der Waals surface area contributed by atoms with E-state index in [4.69, 9.17) is 33.7 Å². The summed E-state index contributed by atoms with van der Waals surface area (Å²) in [5.41, 5.74) is 5.73. The first-order chi connectivity index (χ1) is 11.3. The molecule has 0 radical (unpaired) electrons. The predicted octanol–water partition coefficient (Wildman–Crippen LogP) is 1.22. The van der Waals surface area contributed by atoms with Gasteiger partial charge in [0.25, 0.3) is 0 Å². The highest BCUT2D eigenvalue weighted by Gasteiger charge is 2.32. The van der Waals surface area contributed by atoms with Crippen molar-refractivity contribution in [2.45, 2.75) is 10.9 Å². The zero-order valence-electron chi connectivity index (χ0n) is 13.5. The number of amides is 1. The second kappa shape index (κ2) is 9.36. The number of sulfonamides is 1. The van der Waals surface area contributed by atoms with E-state index in [0.717, 1.165) is 0 Å². The predicted molar refractivity (Wildman–Crippen MR) is 98.9 cm³/mol. The van der Waals surface area contributed by atoms with E-state index in [0.29, 0.717) is 0 Å². The molecule has 0 bridgehead atoms. The van der Waals surface area contributed by atoms with Gasteiger partial charge in [-0.15, -0.1) is 12.4 Å². The van der Waals surface area contributed by atoms with Gasteiger partial charge in [0.1, 0.15) is 10.9 Å². The van der Waals surface area contributed by atoms with Gasteiger partial charge in [-0.3, -0.25) is 4.79 Å². The molecule has 1 atom stereocenters. The molecular weight excluding hydrogens is 413 g/mol. The number of rotatable bonds is 5. The molecule has 0 spiro atoms. The fraction of sp³-hybridized carbons (Fsp3) is 0.500. The van der Waals surface area contributed by atoms with E-state index >= 15 is 0 Å². The van der Waals surface area contributed by atoms with Gasteiger partial charge < -0.3 is 15.4 Å². The average molecular weight is 433 g/mol. The normalized spacial score (nSPS) is 17.0. The number of hydrogen-bond acceptors (Lipinski definition) is 5. The standard InChI is InChI=1S/C14H19Cl2N3O4S.ClH/c1-23-9-12(17)14(20)18-4-6-19(7-5-18)24(21,22)13-8-10(15)2-3-11(13)16;/h2-3,8,12H,4-7,9,17H2,1H3;1H. The number of piperazine rings is 1. The van der Waals surface area contributed by atoms with Crippen molar-refractivity contribution in [1.82, 2.24) is 9.21 Å². The molecule has 1 fully saturated rings. The van der Waals surface area contributed by atoms with E-state index in [1.807, 2.05) is 0 Å². The van der Waals surface area contributed by atoms with Crippen LogP contribution < -0.4 is 5.73 Å². The van der Waals surface area contributed by atoms with E-state index in [1.54, 1.807) is 0 Å². The molecule has 1 saturated heterocycles. The Labute approximate surface area is 163 Å². The summed E-state index contributed by atoms with van der Waals surface area (Å²) in [6.45, 7) is 0.962. The van der Waals surface area contributed by atoms with Crippen LogP contribution in [0.15, 0.2) is 23.1 Å². The van der Waals surface area contributed by atoms with Gasteiger partial charge in [-0.2, -0.15) is 4.31 Å². The molecular formula is C14H20Cl3N3O4S. The zero-order chi connectivity index (χ0) is 17.9. The van der Waals surface area contributed by atoms with Crippen molar-refractivity contribution in [3.63, 3.8) is 0 Å². The molecule has 25 heavy (non-hydrogen) atoms. The summed E-state index contributed by atoms with van der Waals surface area (Å²) >= 11 is 11.9. The van der Waals surface area contributed by atoms with E-state index < -0.39 is 16.1 Å². The van der Waals surface area contributed by atoms with E-state index in [9.17, 15) is 13.2 Å². The van der Waals surface area contributed by atoms with Gasteiger partial charge in [0.05, 0.1) is 11.6 Å². The minimum Gasteiger partial charge on any atom is -0.383 e. The lowest BCUT2D eigenvalue weighted by atomic mass is 10.2. The Morgan fingerprint density at radius 2 is 1.88 bits per heavy atom. The second-order valence-corrected chi connectivity index (χ2v) is 8.12. The number of nitrogens with zero attached hydrogens (tertiary/aromatic N) is 2. The van der Waals surface area contributed by atoms with E-state index in [2.05, 4.69) is 0 Å². The Hall–Kier alpha value is -0.610. The molecule has 2 rings (SSSR count). The Kier molecular flexibility index (Phi) is 8.40. The average Bonchev–Trinajstić information content (AvgIpc) is 2.56. The Morgan fingerprint density at radius 3 is 2.44 bits per heavy atom. The fourth-order valence-corrected chi connectivity index (χ4v) is 4.61. The van der Waals surface area contributed by atoms with Crippen LogP contribution in [0.3, 0.4) is 0 Å². The molecule has 2 N–H and O–H groups in total. The number of methoxy groups -OCH3 is 1. The van der Waals surface area contributed by atoms with Crippen molar-refractivity contribution in [3.8, 4) is 0 Å². The largest absolute Gasteiger partial charge is 0.383 e. The maximum Gasteiger partial charge on any atom is 0.244 e. The molecule has 0 aromatic heterocycles. The summed E-state index contributed by atoms with van der Waals surface area (Å²) < 4.78 is 31.6. The minimum absolute atomic E-state index is 0. The van der Waals surface area contributed by atoms with Crippen LogP contribution in [0, 0.1) is 0 Å². The Morgan fingerprint density at radius 1 is 1.28 bits per heavy atom. The number of nitrogens with two attached hydrogens (primary N) is 1. The molecule has 1 aliphatic rings. The minimum atomic E-state index is -3.77. The highest BCUT2D eigenvalue weighted by molar-refractivity contribution is 7.89. The van der Waals surface area contributed by atoms with Crippen molar-refractivity contribution in [2.24, 2.45) is 5.73 Å². The summed E-state index contributed by atoms with van der Waals surface area (Å²) in [5.74, 6) is -0.255. The highest BCUT2D eigenvalue weighted by atomic mass is 35.5. The molecule has 1 amide bonds. The van der Waals surface area contributed by atoms with Gasteiger partial charge in [-0.25, -0.2) is 8.42 Å². The molecule has 1 aromatic rings. The smallest absolute Gasteiger partial charge is 0.244 e. The third kappa shape index (κ3) is 5.19. The van der Waals surface area contributed by atoms with Crippen LogP contribution in [-0.4, -0.2) is 69.5 Å². The maximum atomic E-state index is 12.7. The Bertz CT molecular complexity index is 709. The fourth-order valence-electron chi connectivity index (χ4n) is 2.45. The molecule has 1 unspecified atom stereocenters. The highest BCUT2D eigenvalue weighted by Crippen LogP contribution is 2.28. The van der Waals surface area contributed by atoms with Crippen molar-refractivity contribution in [1.29, 1.82) is 0 Å². The number of ether oxygens (including phenoxy) is 1. The molecule has 1 heterocycles. The van der Waals surface area contributed by atoms with Crippen LogP contribution in [0.1, 0.15) is 0 Å². The first-order valence-electron chi connectivity index (χ1n) is 7.26. The molecule has 11 heteroatoms. The first-order valence-corrected chi connectivity index (χ1v) is 9.45. The molecule has 0 aliphatic carbocycles. The number of hydrogen-bond donors (Lipinski definition) is 1. The van der Waals surface area contributed by atoms with Crippen LogP contribution in [0.4, 0.5) is 0 Å². The van der Waals surface area contributed by atoms with Gasteiger partial charge in [-0.1, -0.05) is 23.2 Å². The van der Waals surface area contributed by atoms with Crippen molar-refractivity contribution >= 4 is 51.5 Å². The molecule has 7 nitrogen and oxygen atoms in total. The van der Waals surface area contributed by atoms with Crippen LogP contribution in [0.2, 0.25) is 10.0 Å². The monoisotopic (exact) mass is 431 g/mol. The van der Waals surface area contributed by atoms with Gasteiger partial charge in [-0.05, 0) is 18.2 Å². The number of halogens is 3. The van der Waals surface area contributed by atoms with E-state index in [-0.39, 0.29) is 66.0 Å². The zero-order valence-corrected chi connectivity index (χ0v) is 16.7. The maximum absolute atomic E-state index is 12.7. The van der Waals surface area contributed by atoms with Crippen LogP contribution >= 0.6 is 35.6 Å². The molecule has 1 aliphatic heterocycles. The SMILES string of the molecule is COCC(N)C(=O)N1CCN(S(=O)(=O)c2cc(Cl)ccc2Cl)CC1.Cl. The number of carbonyl (C=O) groups is 1. The van der Waals surface area contributed by atoms with Gasteiger partial charge in [0.2, 0.25) is 15.9 Å². The Balaban J connectivity index is 0.00000312. The summed E-state index contributed by atoms with van der Waals surface area (Å²) in [7, 11) is -2.31. The summed E-state index contributed by atoms with van der Waals surface area (Å²) in [4.78, 5) is 13.6. The van der Waals surface area contributed by atoms with Crippen molar-refractivity contribution in [2.75, 3.05) is 39.9 Å². The topological polar surface area (TPSA) is 92.9 Å². The molecule has 1 aromatic carbocycles.